The molecule has 0 aliphatic carbocycles. The van der Waals surface area contributed by atoms with Gasteiger partial charge in [-0.1, -0.05) is 6.07 Å². The van der Waals surface area contributed by atoms with Crippen LogP contribution in [-0.4, -0.2) is 76.5 Å². The number of aliphatic hydroxyl groups excluding tert-OH is 3. The number of ether oxygens (including phenoxy) is 1. The van der Waals surface area contributed by atoms with Crippen molar-refractivity contribution in [2.75, 3.05) is 18.5 Å². The van der Waals surface area contributed by atoms with Gasteiger partial charge >= 0.3 is 0 Å². The highest BCUT2D eigenvalue weighted by atomic mass is 16.6. The number of fused-ring (bicyclic) bond motifs is 1. The second-order valence-electron chi connectivity index (χ2n) is 6.78. The first-order chi connectivity index (χ1) is 14.0. The lowest BCUT2D eigenvalue weighted by Gasteiger charge is -2.16. The van der Waals surface area contributed by atoms with Crippen LogP contribution in [0.25, 0.3) is 11.2 Å². The first-order valence-corrected chi connectivity index (χ1v) is 9.04. The standard InChI is InChI=1S/C18H21N5O6/c24-6-12-14(27)15(28)18(29-12)23-8-22-13-16(20-7-21-17(13)23)19-4-3-9-1-2-10(25)11(26)5-9/h1-2,5,7-8,12,14-15,18,24-28H,3-4,6H2,(H,19,20,21). The largest absolute Gasteiger partial charge is 0.504 e. The number of aromatic nitrogens is 4. The summed E-state index contributed by atoms with van der Waals surface area (Å²) in [6, 6.07) is 4.63. The second kappa shape index (κ2) is 7.79. The summed E-state index contributed by atoms with van der Waals surface area (Å²) in [6.45, 7) is 0.0625. The maximum atomic E-state index is 10.2. The molecule has 0 bridgehead atoms. The maximum absolute atomic E-state index is 10.2. The van der Waals surface area contributed by atoms with Crippen LogP contribution in [0.5, 0.6) is 11.5 Å². The number of aromatic hydroxyl groups is 2. The molecule has 6 N–H and O–H groups in total. The Morgan fingerprint density at radius 3 is 2.62 bits per heavy atom. The third-order valence-corrected chi connectivity index (χ3v) is 4.90. The minimum absolute atomic E-state index is 0.172. The summed E-state index contributed by atoms with van der Waals surface area (Å²) < 4.78 is 7.03. The van der Waals surface area contributed by atoms with Gasteiger partial charge in [0.2, 0.25) is 0 Å². The minimum atomic E-state index is -1.24. The average Bonchev–Trinajstić information content (AvgIpc) is 3.26. The van der Waals surface area contributed by atoms with Crippen LogP contribution in [0, 0.1) is 0 Å². The Morgan fingerprint density at radius 2 is 1.90 bits per heavy atom. The highest BCUT2D eigenvalue weighted by Crippen LogP contribution is 2.32. The Balaban J connectivity index is 1.51. The molecule has 0 saturated carbocycles. The minimum Gasteiger partial charge on any atom is -0.504 e. The van der Waals surface area contributed by atoms with Crippen LogP contribution in [0.3, 0.4) is 0 Å². The zero-order chi connectivity index (χ0) is 20.5. The van der Waals surface area contributed by atoms with Crippen molar-refractivity contribution in [3.05, 3.63) is 36.4 Å². The van der Waals surface area contributed by atoms with E-state index in [0.29, 0.717) is 29.9 Å². The number of anilines is 1. The molecule has 3 heterocycles. The van der Waals surface area contributed by atoms with Gasteiger partial charge in [0.15, 0.2) is 34.7 Å². The number of phenolic OH excluding ortho intramolecular Hbond substituents is 2. The highest BCUT2D eigenvalue weighted by Gasteiger charge is 2.44. The Morgan fingerprint density at radius 1 is 1.07 bits per heavy atom. The molecule has 3 aromatic rings. The molecule has 4 atom stereocenters. The maximum Gasteiger partial charge on any atom is 0.167 e. The zero-order valence-corrected chi connectivity index (χ0v) is 15.3. The summed E-state index contributed by atoms with van der Waals surface area (Å²) in [7, 11) is 0. The van der Waals surface area contributed by atoms with Gasteiger partial charge in [0.05, 0.1) is 12.9 Å². The second-order valence-corrected chi connectivity index (χ2v) is 6.78. The van der Waals surface area contributed by atoms with Crippen molar-refractivity contribution in [1.82, 2.24) is 19.5 Å². The molecule has 4 rings (SSSR count). The summed E-state index contributed by atoms with van der Waals surface area (Å²) in [5.41, 5.74) is 1.69. The number of rotatable bonds is 6. The fraction of sp³-hybridized carbons (Fsp3) is 0.389. The molecule has 154 valence electrons. The molecule has 4 unspecified atom stereocenters. The van der Waals surface area contributed by atoms with Gasteiger partial charge in [-0.2, -0.15) is 0 Å². The molecule has 0 amide bonds. The molecule has 1 saturated heterocycles. The van der Waals surface area contributed by atoms with E-state index in [9.17, 15) is 25.5 Å². The number of aliphatic hydroxyl groups is 3. The van der Waals surface area contributed by atoms with Gasteiger partial charge in [0, 0.05) is 6.54 Å². The van der Waals surface area contributed by atoms with Crippen LogP contribution in [0.15, 0.2) is 30.9 Å². The number of imidazole rings is 1. The van der Waals surface area contributed by atoms with Gasteiger partial charge in [0.1, 0.15) is 24.6 Å². The van der Waals surface area contributed by atoms with Crippen molar-refractivity contribution < 1.29 is 30.3 Å². The van der Waals surface area contributed by atoms with Gasteiger partial charge in [0.25, 0.3) is 0 Å². The van der Waals surface area contributed by atoms with E-state index in [1.807, 2.05) is 0 Å². The number of phenols is 2. The fourth-order valence-corrected chi connectivity index (χ4v) is 3.33. The summed E-state index contributed by atoms with van der Waals surface area (Å²) >= 11 is 0. The zero-order valence-electron chi connectivity index (χ0n) is 15.3. The van der Waals surface area contributed by atoms with Crippen molar-refractivity contribution in [2.45, 2.75) is 31.0 Å². The van der Waals surface area contributed by atoms with Crippen molar-refractivity contribution in [1.29, 1.82) is 0 Å². The third-order valence-electron chi connectivity index (χ3n) is 4.90. The van der Waals surface area contributed by atoms with Crippen LogP contribution < -0.4 is 5.32 Å². The van der Waals surface area contributed by atoms with E-state index in [-0.39, 0.29) is 11.5 Å². The molecule has 29 heavy (non-hydrogen) atoms. The molecular weight excluding hydrogens is 382 g/mol. The average molecular weight is 403 g/mol. The van der Waals surface area contributed by atoms with Crippen LogP contribution in [0.2, 0.25) is 0 Å². The van der Waals surface area contributed by atoms with Crippen molar-refractivity contribution >= 4 is 17.0 Å². The number of hydrogen-bond acceptors (Lipinski definition) is 10. The van der Waals surface area contributed by atoms with Crippen molar-refractivity contribution in [3.63, 3.8) is 0 Å². The van der Waals surface area contributed by atoms with E-state index < -0.39 is 31.1 Å². The van der Waals surface area contributed by atoms with Crippen LogP contribution in [-0.2, 0) is 11.2 Å². The lowest BCUT2D eigenvalue weighted by Crippen LogP contribution is -2.33. The summed E-state index contributed by atoms with van der Waals surface area (Å²) in [6.07, 6.45) is -0.945. The fourth-order valence-electron chi connectivity index (χ4n) is 3.33. The first kappa shape index (κ1) is 19.3. The van der Waals surface area contributed by atoms with Gasteiger partial charge in [-0.15, -0.1) is 0 Å². The molecular formula is C18H21N5O6. The molecule has 2 aromatic heterocycles. The Kier molecular flexibility index (Phi) is 5.20. The third kappa shape index (κ3) is 3.56. The molecule has 1 aliphatic rings. The highest BCUT2D eigenvalue weighted by molar-refractivity contribution is 5.82. The molecule has 11 nitrogen and oxygen atoms in total. The lowest BCUT2D eigenvalue weighted by molar-refractivity contribution is -0.0511. The van der Waals surface area contributed by atoms with Crippen LogP contribution in [0.1, 0.15) is 11.8 Å². The van der Waals surface area contributed by atoms with Crippen molar-refractivity contribution in [3.8, 4) is 11.5 Å². The smallest absolute Gasteiger partial charge is 0.167 e. The van der Waals surface area contributed by atoms with Gasteiger partial charge in [-0.3, -0.25) is 4.57 Å². The predicted octanol–water partition coefficient (Wildman–Crippen LogP) is -0.496. The van der Waals surface area contributed by atoms with E-state index >= 15 is 0 Å². The van der Waals surface area contributed by atoms with E-state index in [2.05, 4.69) is 20.3 Å². The summed E-state index contributed by atoms with van der Waals surface area (Å²) in [5.74, 6) is 0.127. The number of nitrogens with one attached hydrogen (secondary N) is 1. The van der Waals surface area contributed by atoms with E-state index in [1.54, 1.807) is 6.07 Å². The molecule has 0 spiro atoms. The molecule has 0 radical (unpaired) electrons. The monoisotopic (exact) mass is 403 g/mol. The normalized spacial score (nSPS) is 24.2. The molecule has 1 aromatic carbocycles. The number of benzene rings is 1. The van der Waals surface area contributed by atoms with Crippen LogP contribution >= 0.6 is 0 Å². The van der Waals surface area contributed by atoms with E-state index in [0.717, 1.165) is 5.56 Å². The molecule has 1 fully saturated rings. The molecule has 1 aliphatic heterocycles. The van der Waals surface area contributed by atoms with Gasteiger partial charge in [-0.05, 0) is 24.1 Å². The van der Waals surface area contributed by atoms with E-state index in [1.165, 1.54) is 29.4 Å². The number of nitrogens with zero attached hydrogens (tertiary/aromatic N) is 4. The van der Waals surface area contributed by atoms with Crippen molar-refractivity contribution in [2.24, 2.45) is 0 Å². The summed E-state index contributed by atoms with van der Waals surface area (Å²) in [4.78, 5) is 12.7. The Bertz CT molecular complexity index is 1010. The predicted molar refractivity (Wildman–Crippen MR) is 100 cm³/mol. The lowest BCUT2D eigenvalue weighted by atomic mass is 10.1. The summed E-state index contributed by atoms with van der Waals surface area (Å²) in [5, 5.41) is 51.6. The van der Waals surface area contributed by atoms with Gasteiger partial charge < -0.3 is 35.6 Å². The topological polar surface area (TPSA) is 166 Å². The van der Waals surface area contributed by atoms with E-state index in [4.69, 9.17) is 4.74 Å². The number of hydrogen-bond donors (Lipinski definition) is 6. The van der Waals surface area contributed by atoms with Crippen LogP contribution in [0.4, 0.5) is 5.82 Å². The Labute approximate surface area is 164 Å². The quantitative estimate of drug-likeness (QED) is 0.295. The first-order valence-electron chi connectivity index (χ1n) is 9.04. The molecule has 11 heteroatoms. The SMILES string of the molecule is OCC1OC(n2cnc3c(NCCc4ccc(O)c(O)c4)ncnc32)C(O)C1O. The Hall–Kier alpha value is -2.99. The van der Waals surface area contributed by atoms with Gasteiger partial charge in [-0.25, -0.2) is 15.0 Å².